The van der Waals surface area contributed by atoms with Crippen LogP contribution in [0.5, 0.6) is 5.75 Å². The fourth-order valence-electron chi connectivity index (χ4n) is 5.90. The lowest BCUT2D eigenvalue weighted by molar-refractivity contribution is -0.275. The topological polar surface area (TPSA) is 9.23 Å². The van der Waals surface area contributed by atoms with E-state index in [0.717, 1.165) is 49.1 Å². The average molecular weight is 521 g/mol. The molecule has 2 aliphatic rings. The van der Waals surface area contributed by atoms with E-state index < -0.39 is 35.1 Å². The minimum atomic E-state index is -5.16. The molecule has 2 fully saturated rings. The van der Waals surface area contributed by atoms with Crippen molar-refractivity contribution in [3.63, 3.8) is 0 Å². The van der Waals surface area contributed by atoms with Gasteiger partial charge < -0.3 is 4.74 Å². The Labute approximate surface area is 213 Å². The minimum absolute atomic E-state index is 0.00880. The number of allylic oxidation sites excluding steroid dienone is 2. The van der Waals surface area contributed by atoms with Gasteiger partial charge in [0.25, 0.3) is 0 Å². The van der Waals surface area contributed by atoms with Gasteiger partial charge in [-0.05, 0) is 105 Å². The van der Waals surface area contributed by atoms with Gasteiger partial charge in [0.1, 0.15) is 5.82 Å². The van der Waals surface area contributed by atoms with E-state index in [-0.39, 0.29) is 11.5 Å². The van der Waals surface area contributed by atoms with E-state index in [1.807, 2.05) is 6.07 Å². The second kappa shape index (κ2) is 11.7. The van der Waals surface area contributed by atoms with E-state index in [1.54, 1.807) is 0 Å². The first-order valence-electron chi connectivity index (χ1n) is 12.8. The van der Waals surface area contributed by atoms with Crippen molar-refractivity contribution in [2.45, 2.75) is 70.6 Å². The van der Waals surface area contributed by atoms with Gasteiger partial charge in [0.05, 0.1) is 11.1 Å². The molecular formula is C30H30F6O. The van der Waals surface area contributed by atoms with Gasteiger partial charge >= 0.3 is 6.36 Å². The Morgan fingerprint density at radius 1 is 0.892 bits per heavy atom. The van der Waals surface area contributed by atoms with Crippen LogP contribution in [-0.4, -0.2) is 6.36 Å². The SMILES string of the molecule is C/C=C/CCC1CCC2CC(c3ccc(C#Cc4ccc(OC(F)(F)F)c(F)c4F)c(F)c3)CCC2C1. The lowest BCUT2D eigenvalue weighted by atomic mass is 9.63. The summed E-state index contributed by atoms with van der Waals surface area (Å²) < 4.78 is 83.3. The minimum Gasteiger partial charge on any atom is -0.403 e. The molecule has 0 radical (unpaired) electrons. The van der Waals surface area contributed by atoms with E-state index in [2.05, 4.69) is 35.7 Å². The molecule has 4 atom stereocenters. The Hall–Kier alpha value is -2.88. The van der Waals surface area contributed by atoms with Gasteiger partial charge in [-0.25, -0.2) is 8.78 Å². The van der Waals surface area contributed by atoms with Crippen LogP contribution in [-0.2, 0) is 0 Å². The molecule has 198 valence electrons. The van der Waals surface area contributed by atoms with Crippen LogP contribution < -0.4 is 4.74 Å². The number of hydrogen-bond donors (Lipinski definition) is 0. The Balaban J connectivity index is 1.40. The molecule has 2 aliphatic carbocycles. The van der Waals surface area contributed by atoms with Crippen LogP contribution in [0, 0.1) is 47.0 Å². The number of alkyl halides is 3. The van der Waals surface area contributed by atoms with Crippen molar-refractivity contribution in [3.05, 3.63) is 76.6 Å². The molecule has 0 bridgehead atoms. The standard InChI is InChI=1S/C30H30F6O/c1-2-3-4-5-19-6-7-23-17-24(13-12-22(23)16-19)25-11-9-20(26(31)18-25)8-10-21-14-15-27(29(33)28(21)32)37-30(34,35)36/h2-3,9,11,14-15,18-19,22-24H,4-7,12-13,16-17H2,1H3/b3-2+. The Morgan fingerprint density at radius 2 is 1.59 bits per heavy atom. The number of halogens is 6. The van der Waals surface area contributed by atoms with Crippen molar-refractivity contribution in [2.24, 2.45) is 17.8 Å². The summed E-state index contributed by atoms with van der Waals surface area (Å²) in [5.41, 5.74) is 0.437. The quantitative estimate of drug-likeness (QED) is 0.217. The monoisotopic (exact) mass is 520 g/mol. The highest BCUT2D eigenvalue weighted by Gasteiger charge is 2.36. The second-order valence-corrected chi connectivity index (χ2v) is 10.1. The molecule has 2 aromatic rings. The second-order valence-electron chi connectivity index (χ2n) is 10.1. The highest BCUT2D eigenvalue weighted by atomic mass is 19.4. The lowest BCUT2D eigenvalue weighted by Crippen LogP contribution is -2.30. The van der Waals surface area contributed by atoms with Crippen LogP contribution in [0.15, 0.2) is 42.5 Å². The van der Waals surface area contributed by atoms with Crippen LogP contribution in [0.3, 0.4) is 0 Å². The van der Waals surface area contributed by atoms with Crippen molar-refractivity contribution in [1.82, 2.24) is 0 Å². The summed E-state index contributed by atoms with van der Waals surface area (Å²) in [5.74, 6) is 2.05. The average Bonchev–Trinajstić information content (AvgIpc) is 2.86. The van der Waals surface area contributed by atoms with Gasteiger partial charge in [0.2, 0.25) is 5.82 Å². The molecule has 0 spiro atoms. The van der Waals surface area contributed by atoms with Crippen molar-refractivity contribution in [1.29, 1.82) is 0 Å². The fourth-order valence-corrected chi connectivity index (χ4v) is 5.90. The van der Waals surface area contributed by atoms with Crippen molar-refractivity contribution >= 4 is 0 Å². The molecule has 0 aromatic heterocycles. The Bertz CT molecular complexity index is 1190. The Kier molecular flexibility index (Phi) is 8.56. The highest BCUT2D eigenvalue weighted by molar-refractivity contribution is 5.47. The van der Waals surface area contributed by atoms with Gasteiger partial charge in [0.15, 0.2) is 11.6 Å². The number of benzene rings is 2. The largest absolute Gasteiger partial charge is 0.573 e. The van der Waals surface area contributed by atoms with Crippen LogP contribution in [0.25, 0.3) is 0 Å². The molecule has 4 unspecified atom stereocenters. The van der Waals surface area contributed by atoms with Crippen molar-refractivity contribution < 1.29 is 31.1 Å². The predicted molar refractivity (Wildman–Crippen MR) is 130 cm³/mol. The number of hydrogen-bond acceptors (Lipinski definition) is 1. The van der Waals surface area contributed by atoms with Crippen LogP contribution in [0.1, 0.15) is 80.9 Å². The Morgan fingerprint density at radius 3 is 2.32 bits per heavy atom. The summed E-state index contributed by atoms with van der Waals surface area (Å²) in [6, 6.07) is 6.33. The molecule has 2 saturated carbocycles. The molecule has 2 aromatic carbocycles. The number of fused-ring (bicyclic) bond motifs is 1. The van der Waals surface area contributed by atoms with Crippen molar-refractivity contribution in [3.8, 4) is 17.6 Å². The molecule has 37 heavy (non-hydrogen) atoms. The summed E-state index contributed by atoms with van der Waals surface area (Å²) in [5, 5.41) is 0. The molecule has 4 rings (SSSR count). The van der Waals surface area contributed by atoms with Crippen LogP contribution >= 0.6 is 0 Å². The maximum Gasteiger partial charge on any atom is 0.573 e. The third-order valence-corrected chi connectivity index (χ3v) is 7.77. The molecular weight excluding hydrogens is 490 g/mol. The molecule has 0 aliphatic heterocycles. The fraction of sp³-hybridized carbons (Fsp3) is 0.467. The van der Waals surface area contributed by atoms with Gasteiger partial charge in [-0.2, -0.15) is 4.39 Å². The first kappa shape index (κ1) is 27.2. The third-order valence-electron chi connectivity index (χ3n) is 7.77. The van der Waals surface area contributed by atoms with E-state index in [4.69, 9.17) is 0 Å². The zero-order valence-corrected chi connectivity index (χ0v) is 20.7. The predicted octanol–water partition coefficient (Wildman–Crippen LogP) is 9.06. The van der Waals surface area contributed by atoms with Crippen LogP contribution in [0.2, 0.25) is 0 Å². The number of rotatable bonds is 5. The molecule has 0 heterocycles. The first-order valence-corrected chi connectivity index (χ1v) is 12.8. The zero-order chi connectivity index (χ0) is 26.6. The zero-order valence-electron chi connectivity index (χ0n) is 20.7. The highest BCUT2D eigenvalue weighted by Crippen LogP contribution is 2.48. The molecule has 0 N–H and O–H groups in total. The third kappa shape index (κ3) is 6.91. The van der Waals surface area contributed by atoms with Crippen molar-refractivity contribution in [2.75, 3.05) is 0 Å². The summed E-state index contributed by atoms with van der Waals surface area (Å²) in [6.45, 7) is 2.06. The first-order chi connectivity index (χ1) is 17.6. The van der Waals surface area contributed by atoms with Gasteiger partial charge in [-0.15, -0.1) is 13.2 Å². The summed E-state index contributed by atoms with van der Waals surface area (Å²) in [6.07, 6.45) is 8.59. The van der Waals surface area contributed by atoms with E-state index >= 15 is 0 Å². The van der Waals surface area contributed by atoms with E-state index in [0.29, 0.717) is 12.0 Å². The summed E-state index contributed by atoms with van der Waals surface area (Å²) >= 11 is 0. The maximum absolute atomic E-state index is 14.8. The van der Waals surface area contributed by atoms with Crippen LogP contribution in [0.4, 0.5) is 26.3 Å². The van der Waals surface area contributed by atoms with E-state index in [9.17, 15) is 26.3 Å². The maximum atomic E-state index is 14.8. The molecule has 0 saturated heterocycles. The van der Waals surface area contributed by atoms with Gasteiger partial charge in [0, 0.05) is 0 Å². The van der Waals surface area contributed by atoms with Gasteiger partial charge in [-0.3, -0.25) is 0 Å². The smallest absolute Gasteiger partial charge is 0.403 e. The molecule has 0 amide bonds. The molecule has 1 nitrogen and oxygen atoms in total. The lowest BCUT2D eigenvalue weighted by Gasteiger charge is -2.42. The normalized spacial score (nSPS) is 23.9. The number of ether oxygens (including phenoxy) is 1. The van der Waals surface area contributed by atoms with Gasteiger partial charge in [-0.1, -0.05) is 36.5 Å². The summed E-state index contributed by atoms with van der Waals surface area (Å²) in [4.78, 5) is 0. The summed E-state index contributed by atoms with van der Waals surface area (Å²) in [7, 11) is 0. The molecule has 7 heteroatoms. The van der Waals surface area contributed by atoms with E-state index in [1.165, 1.54) is 37.8 Å².